The molecule has 0 unspecified atom stereocenters. The Morgan fingerprint density at radius 3 is 2.34 bits per heavy atom. The molecule has 35 heavy (non-hydrogen) atoms. The van der Waals surface area contributed by atoms with Crippen molar-refractivity contribution >= 4 is 44.5 Å². The van der Waals surface area contributed by atoms with Crippen molar-refractivity contribution in [1.82, 2.24) is 4.72 Å². The number of amides is 1. The largest absolute Gasteiger partial charge is 0.462 e. The number of anilines is 2. The lowest BCUT2D eigenvalue weighted by molar-refractivity contribution is -0.110. The first-order chi connectivity index (χ1) is 16.7. The Kier molecular flexibility index (Phi) is 6.99. The number of ether oxygens (including phenoxy) is 1. The maximum atomic E-state index is 13.1. The summed E-state index contributed by atoms with van der Waals surface area (Å²) in [5.74, 6) is -0.741. The average molecular weight is 492 g/mol. The molecule has 0 atom stereocenters. The lowest BCUT2D eigenvalue weighted by Crippen LogP contribution is -2.21. The van der Waals surface area contributed by atoms with Crippen molar-refractivity contribution in [3.63, 3.8) is 0 Å². The summed E-state index contributed by atoms with van der Waals surface area (Å²) in [6.07, 6.45) is 1.11. The number of fused-ring (bicyclic) bond motifs is 1. The van der Waals surface area contributed by atoms with Gasteiger partial charge in [-0.2, -0.15) is 0 Å². The number of nitrogens with one attached hydrogen (secondary N) is 3. The normalized spacial score (nSPS) is 14.2. The number of carbonyl (C=O) groups excluding carboxylic acids is 2. The van der Waals surface area contributed by atoms with Crippen molar-refractivity contribution < 1.29 is 22.7 Å². The van der Waals surface area contributed by atoms with Crippen LogP contribution in [0.4, 0.5) is 11.4 Å². The molecule has 0 fully saturated rings. The summed E-state index contributed by atoms with van der Waals surface area (Å²) in [6, 6.07) is 21.7. The van der Waals surface area contributed by atoms with E-state index in [4.69, 9.17) is 4.74 Å². The summed E-state index contributed by atoms with van der Waals surface area (Å²) in [5.41, 5.74) is 4.95. The van der Waals surface area contributed by atoms with Gasteiger partial charge in [0.15, 0.2) is 0 Å². The van der Waals surface area contributed by atoms with Crippen LogP contribution in [0.2, 0.25) is 0 Å². The van der Waals surface area contributed by atoms with Crippen LogP contribution in [0, 0.1) is 0 Å². The summed E-state index contributed by atoms with van der Waals surface area (Å²) >= 11 is 0. The van der Waals surface area contributed by atoms with Crippen molar-refractivity contribution in [2.45, 2.75) is 13.5 Å². The van der Waals surface area contributed by atoms with E-state index in [1.807, 2.05) is 54.6 Å². The summed E-state index contributed by atoms with van der Waals surface area (Å²) in [7, 11) is -3.29. The number of carbonyl (C=O) groups is 2. The van der Waals surface area contributed by atoms with Crippen LogP contribution in [0.3, 0.4) is 0 Å². The lowest BCUT2D eigenvalue weighted by atomic mass is 9.99. The molecular formula is C26H25N3O5S. The Labute approximate surface area is 204 Å². The second-order valence-electron chi connectivity index (χ2n) is 7.97. The van der Waals surface area contributed by atoms with E-state index < -0.39 is 16.0 Å². The minimum absolute atomic E-state index is 0.185. The first-order valence-electron chi connectivity index (χ1n) is 11.0. The van der Waals surface area contributed by atoms with Crippen LogP contribution < -0.4 is 15.4 Å². The third kappa shape index (κ3) is 5.76. The molecule has 3 aromatic carbocycles. The molecule has 0 aliphatic carbocycles. The van der Waals surface area contributed by atoms with Crippen LogP contribution in [0.1, 0.15) is 34.0 Å². The van der Waals surface area contributed by atoms with Crippen molar-refractivity contribution in [2.24, 2.45) is 0 Å². The Balaban J connectivity index is 1.71. The molecule has 0 spiro atoms. The summed E-state index contributed by atoms with van der Waals surface area (Å²) < 4.78 is 30.2. The molecule has 3 N–H and O–H groups in total. The summed E-state index contributed by atoms with van der Waals surface area (Å²) in [4.78, 5) is 25.2. The number of sulfonamides is 1. The van der Waals surface area contributed by atoms with Crippen LogP contribution >= 0.6 is 0 Å². The second-order valence-corrected chi connectivity index (χ2v) is 9.80. The SMILES string of the molecule is CCOC(=O)c1ccc2c(c1)NC(=O)/C2=C(\Nc1ccc(CNS(C)(=O)=O)cc1)c1ccccc1. The monoisotopic (exact) mass is 491 g/mol. The second kappa shape index (κ2) is 10.1. The highest BCUT2D eigenvalue weighted by molar-refractivity contribution is 7.88. The number of rotatable bonds is 8. The predicted molar refractivity (Wildman–Crippen MR) is 136 cm³/mol. The molecule has 0 bridgehead atoms. The quantitative estimate of drug-likeness (QED) is 0.326. The Hall–Kier alpha value is -3.95. The predicted octanol–water partition coefficient (Wildman–Crippen LogP) is 3.85. The zero-order valence-electron chi connectivity index (χ0n) is 19.3. The molecule has 0 aromatic heterocycles. The summed E-state index contributed by atoms with van der Waals surface area (Å²) in [6.45, 7) is 2.18. The molecule has 0 saturated carbocycles. The fraction of sp³-hybridized carbons (Fsp3) is 0.154. The van der Waals surface area contributed by atoms with E-state index >= 15 is 0 Å². The fourth-order valence-electron chi connectivity index (χ4n) is 3.71. The van der Waals surface area contributed by atoms with E-state index in [-0.39, 0.29) is 19.1 Å². The fourth-order valence-corrected chi connectivity index (χ4v) is 4.14. The Bertz CT molecular complexity index is 1400. The minimum Gasteiger partial charge on any atom is -0.462 e. The number of hydrogen-bond donors (Lipinski definition) is 3. The van der Waals surface area contributed by atoms with Crippen molar-refractivity contribution in [2.75, 3.05) is 23.5 Å². The molecule has 3 aromatic rings. The van der Waals surface area contributed by atoms with E-state index in [1.165, 1.54) is 0 Å². The van der Waals surface area contributed by atoms with E-state index in [0.29, 0.717) is 28.1 Å². The molecular weight excluding hydrogens is 466 g/mol. The number of benzene rings is 3. The highest BCUT2D eigenvalue weighted by Crippen LogP contribution is 2.38. The lowest BCUT2D eigenvalue weighted by Gasteiger charge is -2.15. The van der Waals surface area contributed by atoms with Gasteiger partial charge in [0.2, 0.25) is 10.0 Å². The van der Waals surface area contributed by atoms with Gasteiger partial charge < -0.3 is 15.4 Å². The van der Waals surface area contributed by atoms with E-state index in [9.17, 15) is 18.0 Å². The van der Waals surface area contributed by atoms with Crippen molar-refractivity contribution in [3.05, 3.63) is 95.1 Å². The van der Waals surface area contributed by atoms with Gasteiger partial charge in [-0.15, -0.1) is 0 Å². The first kappa shape index (κ1) is 24.2. The average Bonchev–Trinajstić information content (AvgIpc) is 3.17. The molecule has 180 valence electrons. The Morgan fingerprint density at radius 2 is 1.69 bits per heavy atom. The highest BCUT2D eigenvalue weighted by Gasteiger charge is 2.29. The van der Waals surface area contributed by atoms with Crippen LogP contribution in [-0.4, -0.2) is 33.2 Å². The Morgan fingerprint density at radius 1 is 0.971 bits per heavy atom. The van der Waals surface area contributed by atoms with Crippen LogP contribution in [0.15, 0.2) is 72.8 Å². The van der Waals surface area contributed by atoms with Gasteiger partial charge in [-0.3, -0.25) is 4.79 Å². The molecule has 1 heterocycles. The third-order valence-electron chi connectivity index (χ3n) is 5.35. The molecule has 1 amide bonds. The van der Waals surface area contributed by atoms with Gasteiger partial charge >= 0.3 is 5.97 Å². The minimum atomic E-state index is -3.29. The van der Waals surface area contributed by atoms with E-state index in [2.05, 4.69) is 15.4 Å². The van der Waals surface area contributed by atoms with Crippen LogP contribution in [0.5, 0.6) is 0 Å². The van der Waals surface area contributed by atoms with E-state index in [0.717, 1.165) is 23.1 Å². The van der Waals surface area contributed by atoms with Gasteiger partial charge in [-0.25, -0.2) is 17.9 Å². The number of hydrogen-bond acceptors (Lipinski definition) is 6. The molecule has 9 heteroatoms. The molecule has 1 aliphatic heterocycles. The van der Waals surface area contributed by atoms with Gasteiger partial charge in [0.1, 0.15) is 0 Å². The molecule has 1 aliphatic rings. The maximum absolute atomic E-state index is 13.1. The summed E-state index contributed by atoms with van der Waals surface area (Å²) in [5, 5.41) is 6.21. The van der Waals surface area contributed by atoms with Crippen LogP contribution in [-0.2, 0) is 26.1 Å². The third-order valence-corrected chi connectivity index (χ3v) is 6.02. The van der Waals surface area contributed by atoms with Crippen molar-refractivity contribution in [1.29, 1.82) is 0 Å². The topological polar surface area (TPSA) is 114 Å². The number of esters is 1. The van der Waals surface area contributed by atoms with Crippen molar-refractivity contribution in [3.8, 4) is 0 Å². The zero-order chi connectivity index (χ0) is 25.0. The smallest absolute Gasteiger partial charge is 0.338 e. The van der Waals surface area contributed by atoms with Gasteiger partial charge in [-0.1, -0.05) is 48.5 Å². The molecule has 0 saturated heterocycles. The molecule has 8 nitrogen and oxygen atoms in total. The molecule has 0 radical (unpaired) electrons. The maximum Gasteiger partial charge on any atom is 0.338 e. The molecule has 4 rings (SSSR count). The zero-order valence-corrected chi connectivity index (χ0v) is 20.1. The van der Waals surface area contributed by atoms with Crippen LogP contribution in [0.25, 0.3) is 11.3 Å². The van der Waals surface area contributed by atoms with Gasteiger partial charge in [0.05, 0.1) is 35.4 Å². The highest BCUT2D eigenvalue weighted by atomic mass is 32.2. The van der Waals surface area contributed by atoms with Gasteiger partial charge in [0.25, 0.3) is 5.91 Å². The standard InChI is InChI=1S/C26H25N3O5S/c1-3-34-26(31)19-11-14-21-22(15-19)29-25(30)23(21)24(18-7-5-4-6-8-18)28-20-12-9-17(10-13-20)16-27-35(2,32)33/h4-15,27-28H,3,16H2,1-2H3,(H,29,30)/b24-23-. The van der Waals surface area contributed by atoms with E-state index in [1.54, 1.807) is 25.1 Å². The van der Waals surface area contributed by atoms with Gasteiger partial charge in [0, 0.05) is 17.8 Å². The van der Waals surface area contributed by atoms with Gasteiger partial charge in [-0.05, 0) is 42.3 Å². The first-order valence-corrected chi connectivity index (χ1v) is 12.9.